The molecule has 0 bridgehead atoms. The third kappa shape index (κ3) is 2.79. The Morgan fingerprint density at radius 3 is 2.65 bits per heavy atom. The molecule has 0 heterocycles. The zero-order valence-corrected chi connectivity index (χ0v) is 10.8. The lowest BCUT2D eigenvalue weighted by Gasteiger charge is -2.14. The average molecular weight is 300 g/mol. The van der Waals surface area contributed by atoms with Crippen molar-refractivity contribution in [3.63, 3.8) is 0 Å². The van der Waals surface area contributed by atoms with Gasteiger partial charge in [0.05, 0.1) is 12.2 Å². The van der Waals surface area contributed by atoms with Crippen molar-refractivity contribution >= 4 is 27.6 Å². The van der Waals surface area contributed by atoms with Gasteiger partial charge in [0.25, 0.3) is 0 Å². The summed E-state index contributed by atoms with van der Waals surface area (Å²) in [7, 11) is 0. The molecule has 0 unspecified atom stereocenters. The number of hydrogen-bond acceptors (Lipinski definition) is 3. The van der Waals surface area contributed by atoms with Gasteiger partial charge in [0.2, 0.25) is 0 Å². The molecule has 0 aromatic heterocycles. The van der Waals surface area contributed by atoms with Gasteiger partial charge in [-0.1, -0.05) is 0 Å². The van der Waals surface area contributed by atoms with Crippen LogP contribution < -0.4 is 5.32 Å². The summed E-state index contributed by atoms with van der Waals surface area (Å²) in [5.74, 6) is -0.947. The lowest BCUT2D eigenvalue weighted by atomic mass is 10.1. The Bertz CT molecular complexity index is 443. The minimum atomic E-state index is -0.947. The molecule has 0 atom stereocenters. The normalized spacial score (nSPS) is 16.6. The molecule has 1 aromatic rings. The number of anilines is 1. The second-order valence-electron chi connectivity index (χ2n) is 4.51. The van der Waals surface area contributed by atoms with E-state index in [0.29, 0.717) is 4.47 Å². The first-order valence-electron chi connectivity index (χ1n) is 5.44. The third-order valence-electron chi connectivity index (χ3n) is 3.16. The van der Waals surface area contributed by atoms with Crippen molar-refractivity contribution in [1.29, 1.82) is 0 Å². The van der Waals surface area contributed by atoms with Crippen LogP contribution in [0.1, 0.15) is 23.2 Å². The maximum absolute atomic E-state index is 10.8. The Labute approximate surface area is 108 Å². The van der Waals surface area contributed by atoms with E-state index in [1.807, 2.05) is 0 Å². The average Bonchev–Trinajstić information content (AvgIpc) is 3.07. The molecule has 2 rings (SSSR count). The standard InChI is InChI=1S/C12H14BrNO3/c13-10-5-8(1-2-9(10)11(16)17)14-6-12(7-15)3-4-12/h1-2,5,14-15H,3-4,6-7H2,(H,16,17). The van der Waals surface area contributed by atoms with Crippen LogP contribution in [-0.2, 0) is 0 Å². The van der Waals surface area contributed by atoms with Gasteiger partial charge in [-0.25, -0.2) is 4.79 Å². The van der Waals surface area contributed by atoms with E-state index in [-0.39, 0.29) is 17.6 Å². The molecule has 0 radical (unpaired) electrons. The minimum absolute atomic E-state index is 0.0396. The number of aliphatic hydroxyl groups excluding tert-OH is 1. The zero-order chi connectivity index (χ0) is 12.5. The van der Waals surface area contributed by atoms with Crippen LogP contribution in [0, 0.1) is 5.41 Å². The molecule has 0 saturated heterocycles. The summed E-state index contributed by atoms with van der Waals surface area (Å²) in [4.78, 5) is 10.8. The molecule has 0 spiro atoms. The van der Waals surface area contributed by atoms with Crippen LogP contribution >= 0.6 is 15.9 Å². The van der Waals surface area contributed by atoms with Gasteiger partial charge in [0.15, 0.2) is 0 Å². The highest BCUT2D eigenvalue weighted by Crippen LogP contribution is 2.45. The Kier molecular flexibility index (Phi) is 3.40. The van der Waals surface area contributed by atoms with Crippen molar-refractivity contribution in [2.75, 3.05) is 18.5 Å². The van der Waals surface area contributed by atoms with Gasteiger partial charge in [0, 0.05) is 22.1 Å². The molecule has 1 fully saturated rings. The lowest BCUT2D eigenvalue weighted by Crippen LogP contribution is -2.19. The number of aromatic carboxylic acids is 1. The van der Waals surface area contributed by atoms with Gasteiger partial charge in [-0.05, 0) is 47.0 Å². The smallest absolute Gasteiger partial charge is 0.336 e. The van der Waals surface area contributed by atoms with Crippen LogP contribution in [0.4, 0.5) is 5.69 Å². The SMILES string of the molecule is O=C(O)c1ccc(NCC2(CO)CC2)cc1Br. The quantitative estimate of drug-likeness (QED) is 0.780. The van der Waals surface area contributed by atoms with E-state index in [1.54, 1.807) is 18.2 Å². The van der Waals surface area contributed by atoms with E-state index >= 15 is 0 Å². The molecule has 17 heavy (non-hydrogen) atoms. The summed E-state index contributed by atoms with van der Waals surface area (Å²) in [5.41, 5.74) is 1.15. The second kappa shape index (κ2) is 4.66. The number of carboxylic acids is 1. The van der Waals surface area contributed by atoms with E-state index in [1.165, 1.54) is 0 Å². The van der Waals surface area contributed by atoms with Crippen molar-refractivity contribution in [2.24, 2.45) is 5.41 Å². The van der Waals surface area contributed by atoms with Gasteiger partial charge in [0.1, 0.15) is 0 Å². The molecule has 5 heteroatoms. The first-order valence-corrected chi connectivity index (χ1v) is 6.23. The summed E-state index contributed by atoms with van der Waals surface area (Å²) >= 11 is 3.23. The number of halogens is 1. The number of rotatable bonds is 5. The predicted molar refractivity (Wildman–Crippen MR) is 68.3 cm³/mol. The van der Waals surface area contributed by atoms with Crippen molar-refractivity contribution in [1.82, 2.24) is 0 Å². The van der Waals surface area contributed by atoms with E-state index < -0.39 is 5.97 Å². The summed E-state index contributed by atoms with van der Waals surface area (Å²) < 4.78 is 0.559. The van der Waals surface area contributed by atoms with Gasteiger partial charge in [-0.3, -0.25) is 0 Å². The Balaban J connectivity index is 2.03. The molecule has 1 aliphatic carbocycles. The number of carbonyl (C=O) groups is 1. The highest BCUT2D eigenvalue weighted by Gasteiger charge is 2.41. The van der Waals surface area contributed by atoms with Crippen molar-refractivity contribution < 1.29 is 15.0 Å². The Hall–Kier alpha value is -1.07. The lowest BCUT2D eigenvalue weighted by molar-refractivity contribution is 0.0696. The molecular weight excluding hydrogens is 286 g/mol. The monoisotopic (exact) mass is 299 g/mol. The molecular formula is C12H14BrNO3. The molecule has 0 aliphatic heterocycles. The van der Waals surface area contributed by atoms with E-state index in [2.05, 4.69) is 21.2 Å². The molecule has 92 valence electrons. The van der Waals surface area contributed by atoms with Gasteiger partial charge in [-0.2, -0.15) is 0 Å². The number of hydrogen-bond donors (Lipinski definition) is 3. The summed E-state index contributed by atoms with van der Waals surface area (Å²) in [5, 5.41) is 21.3. The van der Waals surface area contributed by atoms with E-state index in [0.717, 1.165) is 25.1 Å². The summed E-state index contributed by atoms with van der Waals surface area (Å²) in [6, 6.07) is 5.05. The maximum atomic E-state index is 10.8. The zero-order valence-electron chi connectivity index (χ0n) is 9.24. The number of carboxylic acid groups (broad SMARTS) is 1. The molecule has 1 saturated carbocycles. The first kappa shape index (κ1) is 12.4. The van der Waals surface area contributed by atoms with Crippen LogP contribution in [-0.4, -0.2) is 29.3 Å². The highest BCUT2D eigenvalue weighted by molar-refractivity contribution is 9.10. The van der Waals surface area contributed by atoms with Crippen molar-refractivity contribution in [3.05, 3.63) is 28.2 Å². The van der Waals surface area contributed by atoms with E-state index in [9.17, 15) is 9.90 Å². The summed E-state index contributed by atoms with van der Waals surface area (Å²) in [6.07, 6.45) is 2.09. The highest BCUT2D eigenvalue weighted by atomic mass is 79.9. The van der Waals surface area contributed by atoms with Crippen LogP contribution in [0.3, 0.4) is 0 Å². The minimum Gasteiger partial charge on any atom is -0.478 e. The summed E-state index contributed by atoms with van der Waals surface area (Å²) in [6.45, 7) is 0.927. The third-order valence-corrected chi connectivity index (χ3v) is 3.82. The first-order chi connectivity index (χ1) is 8.06. The molecule has 4 nitrogen and oxygen atoms in total. The van der Waals surface area contributed by atoms with Gasteiger partial charge >= 0.3 is 5.97 Å². The molecule has 0 amide bonds. The van der Waals surface area contributed by atoms with Crippen LogP contribution in [0.25, 0.3) is 0 Å². The van der Waals surface area contributed by atoms with E-state index in [4.69, 9.17) is 5.11 Å². The Morgan fingerprint density at radius 1 is 1.47 bits per heavy atom. The topological polar surface area (TPSA) is 69.6 Å². The molecule has 1 aliphatic rings. The number of benzene rings is 1. The number of aliphatic hydroxyl groups is 1. The fourth-order valence-corrected chi connectivity index (χ4v) is 2.20. The molecule has 3 N–H and O–H groups in total. The fraction of sp³-hybridized carbons (Fsp3) is 0.417. The van der Waals surface area contributed by atoms with Crippen molar-refractivity contribution in [2.45, 2.75) is 12.8 Å². The van der Waals surface area contributed by atoms with Gasteiger partial charge in [-0.15, -0.1) is 0 Å². The maximum Gasteiger partial charge on any atom is 0.336 e. The largest absolute Gasteiger partial charge is 0.478 e. The second-order valence-corrected chi connectivity index (χ2v) is 5.37. The number of nitrogens with one attached hydrogen (secondary N) is 1. The Morgan fingerprint density at radius 2 is 2.18 bits per heavy atom. The van der Waals surface area contributed by atoms with Gasteiger partial charge < -0.3 is 15.5 Å². The fourth-order valence-electron chi connectivity index (χ4n) is 1.66. The molecule has 1 aromatic carbocycles. The van der Waals surface area contributed by atoms with Crippen LogP contribution in [0.5, 0.6) is 0 Å². The van der Waals surface area contributed by atoms with Crippen LogP contribution in [0.15, 0.2) is 22.7 Å². The predicted octanol–water partition coefficient (Wildman–Crippen LogP) is 2.33. The van der Waals surface area contributed by atoms with Crippen LogP contribution in [0.2, 0.25) is 0 Å². The van der Waals surface area contributed by atoms with Crippen molar-refractivity contribution in [3.8, 4) is 0 Å².